The fraction of sp³-hybridized carbons (Fsp3) is 0.533. The lowest BCUT2D eigenvalue weighted by Crippen LogP contribution is -2.51. The maximum Gasteiger partial charge on any atom is 0.409 e. The summed E-state index contributed by atoms with van der Waals surface area (Å²) in [4.78, 5) is 28.4. The van der Waals surface area contributed by atoms with Crippen LogP contribution in [0.4, 0.5) is 4.79 Å². The van der Waals surface area contributed by atoms with E-state index in [0.29, 0.717) is 25.2 Å². The lowest BCUT2D eigenvalue weighted by atomic mass is 9.94. The summed E-state index contributed by atoms with van der Waals surface area (Å²) in [6.07, 6.45) is 0.261. The molecule has 7 nitrogen and oxygen atoms in total. The molecule has 1 fully saturated rings. The molecule has 0 aromatic carbocycles. The smallest absolute Gasteiger partial charge is 0.409 e. The number of halogens is 1. The van der Waals surface area contributed by atoms with E-state index < -0.39 is 0 Å². The van der Waals surface area contributed by atoms with Gasteiger partial charge in [-0.3, -0.25) is 4.79 Å². The molecule has 0 spiro atoms. The van der Waals surface area contributed by atoms with Crippen LogP contribution in [0.15, 0.2) is 0 Å². The summed E-state index contributed by atoms with van der Waals surface area (Å²) in [6.45, 7) is 4.68. The molecule has 0 saturated carbocycles. The van der Waals surface area contributed by atoms with Gasteiger partial charge in [0.25, 0.3) is 5.91 Å². The van der Waals surface area contributed by atoms with Crippen LogP contribution in [0.1, 0.15) is 35.1 Å². The molecule has 1 aromatic heterocycles. The standard InChI is InChI=1S/C15H19ClN4O3/c1-8-7-20(15(22)23-3)5-4-11(8)19-14(21)13-10(6-17)12(16)9(2)18-13/h8,11,18H,4-5,7H2,1-3H3,(H,19,21)/t8-,11+/m0/s1. The Balaban J connectivity index is 2.06. The number of aromatic nitrogens is 1. The highest BCUT2D eigenvalue weighted by Crippen LogP contribution is 2.24. The molecule has 23 heavy (non-hydrogen) atoms. The number of methoxy groups -OCH3 is 1. The first-order chi connectivity index (χ1) is 10.9. The Kier molecular flexibility index (Phi) is 5.16. The lowest BCUT2D eigenvalue weighted by molar-refractivity contribution is 0.0811. The molecule has 2 atom stereocenters. The summed E-state index contributed by atoms with van der Waals surface area (Å²) in [5.41, 5.74) is 0.917. The summed E-state index contributed by atoms with van der Waals surface area (Å²) in [5.74, 6) is -0.288. The normalized spacial score (nSPS) is 20.7. The van der Waals surface area contributed by atoms with Gasteiger partial charge in [0.1, 0.15) is 17.3 Å². The van der Waals surface area contributed by atoms with E-state index in [0.717, 1.165) is 0 Å². The van der Waals surface area contributed by atoms with E-state index >= 15 is 0 Å². The zero-order valence-electron chi connectivity index (χ0n) is 13.3. The van der Waals surface area contributed by atoms with E-state index in [-0.39, 0.29) is 40.2 Å². The first-order valence-corrected chi connectivity index (χ1v) is 7.68. The van der Waals surface area contributed by atoms with Crippen molar-refractivity contribution in [2.45, 2.75) is 26.3 Å². The number of rotatable bonds is 2. The number of likely N-dealkylation sites (tertiary alicyclic amines) is 1. The fourth-order valence-corrected chi connectivity index (χ4v) is 2.96. The zero-order chi connectivity index (χ0) is 17.1. The number of hydrogen-bond donors (Lipinski definition) is 2. The third-order valence-corrected chi connectivity index (χ3v) is 4.58. The zero-order valence-corrected chi connectivity index (χ0v) is 14.0. The number of H-pyrrole nitrogens is 1. The summed E-state index contributed by atoms with van der Waals surface area (Å²) in [6, 6.07) is 1.86. The Bertz CT molecular complexity index is 664. The van der Waals surface area contributed by atoms with Crippen molar-refractivity contribution < 1.29 is 14.3 Å². The van der Waals surface area contributed by atoms with Crippen LogP contribution in [0, 0.1) is 24.2 Å². The van der Waals surface area contributed by atoms with Crippen molar-refractivity contribution in [2.24, 2.45) is 5.92 Å². The molecule has 8 heteroatoms. The number of carbonyl (C=O) groups excluding carboxylic acids is 2. The second-order valence-corrected chi connectivity index (χ2v) is 6.07. The average Bonchev–Trinajstić information content (AvgIpc) is 2.83. The minimum absolute atomic E-state index is 0.0730. The molecule has 0 bridgehead atoms. The van der Waals surface area contributed by atoms with Crippen molar-refractivity contribution in [1.82, 2.24) is 15.2 Å². The van der Waals surface area contributed by atoms with Gasteiger partial charge in [0.05, 0.1) is 12.1 Å². The average molecular weight is 339 g/mol. The topological polar surface area (TPSA) is 98.2 Å². The molecule has 0 aliphatic carbocycles. The highest BCUT2D eigenvalue weighted by atomic mass is 35.5. The van der Waals surface area contributed by atoms with Gasteiger partial charge in [-0.05, 0) is 19.3 Å². The molecule has 2 N–H and O–H groups in total. The van der Waals surface area contributed by atoms with Gasteiger partial charge in [0.2, 0.25) is 0 Å². The molecule has 2 heterocycles. The van der Waals surface area contributed by atoms with Gasteiger partial charge in [-0.25, -0.2) is 4.79 Å². The highest BCUT2D eigenvalue weighted by Gasteiger charge is 2.31. The van der Waals surface area contributed by atoms with Crippen LogP contribution in [0.25, 0.3) is 0 Å². The van der Waals surface area contributed by atoms with Crippen LogP contribution in [0.3, 0.4) is 0 Å². The van der Waals surface area contributed by atoms with Gasteiger partial charge in [0, 0.05) is 24.8 Å². The summed E-state index contributed by atoms with van der Waals surface area (Å²) in [5, 5.41) is 12.3. The van der Waals surface area contributed by atoms with Crippen molar-refractivity contribution in [3.63, 3.8) is 0 Å². The molecule has 124 valence electrons. The summed E-state index contributed by atoms with van der Waals surface area (Å²) in [7, 11) is 1.35. The molecule has 2 amide bonds. The second kappa shape index (κ2) is 6.92. The molecular formula is C15H19ClN4O3. The van der Waals surface area contributed by atoms with Crippen molar-refractivity contribution in [1.29, 1.82) is 5.26 Å². The number of nitriles is 1. The van der Waals surface area contributed by atoms with E-state index in [1.807, 2.05) is 13.0 Å². The second-order valence-electron chi connectivity index (χ2n) is 5.69. The van der Waals surface area contributed by atoms with E-state index in [1.54, 1.807) is 11.8 Å². The number of nitrogens with one attached hydrogen (secondary N) is 2. The number of carbonyl (C=O) groups is 2. The third-order valence-electron chi connectivity index (χ3n) is 4.10. The highest BCUT2D eigenvalue weighted by molar-refractivity contribution is 6.33. The Hall–Kier alpha value is -2.20. The number of ether oxygens (including phenoxy) is 1. The molecular weight excluding hydrogens is 320 g/mol. The number of piperidine rings is 1. The molecule has 1 aliphatic heterocycles. The van der Waals surface area contributed by atoms with Gasteiger partial charge < -0.3 is 19.9 Å². The molecule has 1 saturated heterocycles. The van der Waals surface area contributed by atoms with Crippen LogP contribution in [0.5, 0.6) is 0 Å². The van der Waals surface area contributed by atoms with Crippen LogP contribution in [0.2, 0.25) is 5.02 Å². The van der Waals surface area contributed by atoms with E-state index in [9.17, 15) is 9.59 Å². The Morgan fingerprint density at radius 2 is 2.22 bits per heavy atom. The van der Waals surface area contributed by atoms with Crippen molar-refractivity contribution in [3.8, 4) is 6.07 Å². The third kappa shape index (κ3) is 3.42. The van der Waals surface area contributed by atoms with Crippen molar-refractivity contribution in [3.05, 3.63) is 22.0 Å². The fourth-order valence-electron chi connectivity index (χ4n) is 2.77. The minimum Gasteiger partial charge on any atom is -0.453 e. The summed E-state index contributed by atoms with van der Waals surface area (Å²) >= 11 is 6.01. The van der Waals surface area contributed by atoms with Crippen molar-refractivity contribution >= 4 is 23.6 Å². The van der Waals surface area contributed by atoms with E-state index in [4.69, 9.17) is 21.6 Å². The van der Waals surface area contributed by atoms with Gasteiger partial charge >= 0.3 is 6.09 Å². The molecule has 0 radical (unpaired) electrons. The van der Waals surface area contributed by atoms with Crippen LogP contribution in [-0.2, 0) is 4.74 Å². The maximum absolute atomic E-state index is 12.4. The van der Waals surface area contributed by atoms with Crippen LogP contribution < -0.4 is 5.32 Å². The van der Waals surface area contributed by atoms with Crippen molar-refractivity contribution in [2.75, 3.05) is 20.2 Å². The lowest BCUT2D eigenvalue weighted by Gasteiger charge is -2.36. The Labute approximate surface area is 139 Å². The maximum atomic E-state index is 12.4. The van der Waals surface area contributed by atoms with E-state index in [2.05, 4.69) is 10.3 Å². The number of nitrogens with zero attached hydrogens (tertiary/aromatic N) is 2. The Morgan fingerprint density at radius 3 is 2.78 bits per heavy atom. The number of hydrogen-bond acceptors (Lipinski definition) is 4. The SMILES string of the molecule is COC(=O)N1CC[C@@H](NC(=O)c2[nH]c(C)c(Cl)c2C#N)[C@@H](C)C1. The quantitative estimate of drug-likeness (QED) is 0.862. The largest absolute Gasteiger partial charge is 0.453 e. The first-order valence-electron chi connectivity index (χ1n) is 7.31. The molecule has 2 rings (SSSR count). The molecule has 0 unspecified atom stereocenters. The van der Waals surface area contributed by atoms with Gasteiger partial charge in [-0.1, -0.05) is 18.5 Å². The van der Waals surface area contributed by atoms with Gasteiger partial charge in [-0.15, -0.1) is 0 Å². The molecule has 1 aromatic rings. The number of amides is 2. The van der Waals surface area contributed by atoms with Gasteiger partial charge in [-0.2, -0.15) is 5.26 Å². The minimum atomic E-state index is -0.361. The first kappa shape index (κ1) is 17.2. The predicted molar refractivity (Wildman–Crippen MR) is 84.3 cm³/mol. The van der Waals surface area contributed by atoms with Gasteiger partial charge in [0.15, 0.2) is 0 Å². The predicted octanol–water partition coefficient (Wildman–Crippen LogP) is 2.05. The monoisotopic (exact) mass is 338 g/mol. The number of aromatic amines is 1. The van der Waals surface area contributed by atoms with Crippen LogP contribution in [-0.4, -0.2) is 48.1 Å². The summed E-state index contributed by atoms with van der Waals surface area (Å²) < 4.78 is 4.71. The van der Waals surface area contributed by atoms with Crippen LogP contribution >= 0.6 is 11.6 Å². The van der Waals surface area contributed by atoms with E-state index in [1.165, 1.54) is 7.11 Å². The molecule has 1 aliphatic rings. The number of aryl methyl sites for hydroxylation is 1. The Morgan fingerprint density at radius 1 is 1.52 bits per heavy atom.